The molecular weight excluding hydrogens is 520 g/mol. The van der Waals surface area contributed by atoms with Crippen LogP contribution >= 0.6 is 0 Å². The minimum atomic E-state index is -0.536. The van der Waals surface area contributed by atoms with Gasteiger partial charge in [-0.05, 0) is 44.9 Å². The fraction of sp³-hybridized carbons (Fsp3) is 0.816. The molecule has 0 saturated carbocycles. The van der Waals surface area contributed by atoms with Gasteiger partial charge in [0.25, 0.3) is 0 Å². The third kappa shape index (κ3) is 33.1. The van der Waals surface area contributed by atoms with E-state index in [1.54, 1.807) is 0 Å². The summed E-state index contributed by atoms with van der Waals surface area (Å²) >= 11 is 0. The summed E-state index contributed by atoms with van der Waals surface area (Å²) in [6.45, 7) is 5.21. The minimum Gasteiger partial charge on any atom is -0.457 e. The first-order chi connectivity index (χ1) is 20.7. The van der Waals surface area contributed by atoms with Crippen molar-refractivity contribution in [1.29, 1.82) is 0 Å². The third-order valence-electron chi connectivity index (χ3n) is 7.73. The molecule has 0 aromatic heterocycles. The lowest BCUT2D eigenvalue weighted by atomic mass is 10.0. The average Bonchev–Trinajstić information content (AvgIpc) is 3.00. The molecule has 42 heavy (non-hydrogen) atoms. The quantitative estimate of drug-likeness (QED) is 0.0469. The van der Waals surface area contributed by atoms with Crippen LogP contribution in [0.5, 0.6) is 0 Å². The number of unbranched alkanes of at least 4 members (excludes halogenated alkanes) is 19. The highest BCUT2D eigenvalue weighted by atomic mass is 16.6. The predicted octanol–water partition coefficient (Wildman–Crippen LogP) is 11.4. The fourth-order valence-corrected chi connectivity index (χ4v) is 5.05. The van der Waals surface area contributed by atoms with Crippen molar-refractivity contribution in [2.45, 2.75) is 180 Å². The van der Waals surface area contributed by atoms with Crippen molar-refractivity contribution >= 4 is 5.97 Å². The van der Waals surface area contributed by atoms with Crippen molar-refractivity contribution in [3.63, 3.8) is 0 Å². The number of aliphatic hydroxyl groups is 1. The van der Waals surface area contributed by atoms with Crippen LogP contribution in [0, 0.1) is 0 Å². The van der Waals surface area contributed by atoms with Crippen molar-refractivity contribution in [3.05, 3.63) is 36.5 Å². The monoisotopic (exact) mass is 591 g/mol. The largest absolute Gasteiger partial charge is 0.457 e. The van der Waals surface area contributed by atoms with Crippen LogP contribution in [-0.4, -0.2) is 37.0 Å². The van der Waals surface area contributed by atoms with E-state index in [-0.39, 0.29) is 19.2 Å². The Hall–Kier alpha value is -1.39. The van der Waals surface area contributed by atoms with Crippen molar-refractivity contribution in [1.82, 2.24) is 0 Å². The SMILES string of the molecule is CC/C=C\C/C=C\C/C=C\CCCCCCCCOCC(CO)OC(=O)CCCCCCCCCCCCCCCC. The maximum absolute atomic E-state index is 12.1. The Bertz CT molecular complexity index is 625. The zero-order chi connectivity index (χ0) is 30.6. The molecule has 0 aromatic rings. The second-order valence-electron chi connectivity index (χ2n) is 11.9. The van der Waals surface area contributed by atoms with E-state index in [1.807, 2.05) is 0 Å². The molecule has 0 aliphatic heterocycles. The maximum atomic E-state index is 12.1. The topological polar surface area (TPSA) is 55.8 Å². The molecule has 1 unspecified atom stereocenters. The van der Waals surface area contributed by atoms with E-state index in [0.29, 0.717) is 13.0 Å². The molecule has 0 amide bonds. The van der Waals surface area contributed by atoms with E-state index >= 15 is 0 Å². The Morgan fingerprint density at radius 3 is 1.62 bits per heavy atom. The molecule has 0 aliphatic carbocycles. The molecule has 0 bridgehead atoms. The van der Waals surface area contributed by atoms with Crippen LogP contribution in [0.4, 0.5) is 0 Å². The molecule has 0 heterocycles. The number of carbonyl (C=O) groups excluding carboxylic acids is 1. The first-order valence-corrected chi connectivity index (χ1v) is 18.1. The highest BCUT2D eigenvalue weighted by Crippen LogP contribution is 2.14. The Morgan fingerprint density at radius 1 is 0.595 bits per heavy atom. The van der Waals surface area contributed by atoms with Crippen molar-refractivity contribution in [3.8, 4) is 0 Å². The van der Waals surface area contributed by atoms with Gasteiger partial charge in [-0.15, -0.1) is 0 Å². The first kappa shape index (κ1) is 40.6. The standard InChI is InChI=1S/C38H70O4/c1-3-5-7-9-11-13-15-17-19-20-22-24-26-28-30-32-34-41-36-37(35-39)42-38(40)33-31-29-27-25-23-21-18-16-14-12-10-8-6-4-2/h5,7,11,13,17,19,37,39H,3-4,6,8-10,12,14-16,18,20-36H2,1-2H3/b7-5-,13-11-,19-17-. The summed E-state index contributed by atoms with van der Waals surface area (Å²) in [5, 5.41) is 9.55. The van der Waals surface area contributed by atoms with Gasteiger partial charge < -0.3 is 14.6 Å². The van der Waals surface area contributed by atoms with Gasteiger partial charge in [0.2, 0.25) is 0 Å². The van der Waals surface area contributed by atoms with E-state index < -0.39 is 6.10 Å². The molecule has 246 valence electrons. The molecule has 1 N–H and O–H groups in total. The second-order valence-corrected chi connectivity index (χ2v) is 11.9. The van der Waals surface area contributed by atoms with E-state index in [1.165, 1.54) is 109 Å². The van der Waals surface area contributed by atoms with Gasteiger partial charge in [0.05, 0.1) is 13.2 Å². The lowest BCUT2D eigenvalue weighted by molar-refractivity contribution is -0.154. The Kier molecular flexibility index (Phi) is 34.6. The number of ether oxygens (including phenoxy) is 2. The molecule has 0 rings (SSSR count). The average molecular weight is 591 g/mol. The number of allylic oxidation sites excluding steroid dienone is 6. The minimum absolute atomic E-state index is 0.175. The van der Waals surface area contributed by atoms with Crippen LogP contribution in [0.1, 0.15) is 174 Å². The van der Waals surface area contributed by atoms with Gasteiger partial charge in [-0.1, -0.05) is 159 Å². The smallest absolute Gasteiger partial charge is 0.306 e. The molecule has 0 fully saturated rings. The van der Waals surface area contributed by atoms with E-state index in [0.717, 1.165) is 44.9 Å². The maximum Gasteiger partial charge on any atom is 0.306 e. The summed E-state index contributed by atoms with van der Waals surface area (Å²) < 4.78 is 11.1. The molecule has 0 aromatic carbocycles. The number of carbonyl (C=O) groups is 1. The molecule has 0 spiro atoms. The van der Waals surface area contributed by atoms with E-state index in [4.69, 9.17) is 9.47 Å². The van der Waals surface area contributed by atoms with Crippen molar-refractivity contribution < 1.29 is 19.4 Å². The summed E-state index contributed by atoms with van der Waals surface area (Å²) in [6.07, 6.45) is 43.2. The van der Waals surface area contributed by atoms with Gasteiger partial charge in [-0.25, -0.2) is 0 Å². The Balaban J connectivity index is 3.46. The Labute approximate surface area is 261 Å². The zero-order valence-corrected chi connectivity index (χ0v) is 28.0. The van der Waals surface area contributed by atoms with Crippen LogP contribution in [0.2, 0.25) is 0 Å². The molecule has 0 aliphatic rings. The molecule has 0 radical (unpaired) electrons. The fourth-order valence-electron chi connectivity index (χ4n) is 5.05. The highest BCUT2D eigenvalue weighted by Gasteiger charge is 2.13. The summed E-state index contributed by atoms with van der Waals surface area (Å²) in [7, 11) is 0. The van der Waals surface area contributed by atoms with Crippen LogP contribution in [-0.2, 0) is 14.3 Å². The highest BCUT2D eigenvalue weighted by molar-refractivity contribution is 5.69. The lowest BCUT2D eigenvalue weighted by Gasteiger charge is -2.15. The van der Waals surface area contributed by atoms with Gasteiger partial charge in [-0.2, -0.15) is 0 Å². The molecular formula is C38H70O4. The number of esters is 1. The van der Waals surface area contributed by atoms with Gasteiger partial charge in [-0.3, -0.25) is 4.79 Å². The Morgan fingerprint density at radius 2 is 1.07 bits per heavy atom. The summed E-state index contributed by atoms with van der Waals surface area (Å²) in [4.78, 5) is 12.1. The van der Waals surface area contributed by atoms with Gasteiger partial charge in [0.1, 0.15) is 6.10 Å². The third-order valence-corrected chi connectivity index (χ3v) is 7.73. The molecule has 1 atom stereocenters. The van der Waals surface area contributed by atoms with Gasteiger partial charge in [0, 0.05) is 13.0 Å². The van der Waals surface area contributed by atoms with Crippen molar-refractivity contribution in [2.75, 3.05) is 19.8 Å². The lowest BCUT2D eigenvalue weighted by Crippen LogP contribution is -2.27. The van der Waals surface area contributed by atoms with E-state index in [9.17, 15) is 9.90 Å². The van der Waals surface area contributed by atoms with Crippen LogP contribution in [0.15, 0.2) is 36.5 Å². The number of rotatable bonds is 33. The predicted molar refractivity (Wildman–Crippen MR) is 182 cm³/mol. The summed E-state index contributed by atoms with van der Waals surface area (Å²) in [5.41, 5.74) is 0. The first-order valence-electron chi connectivity index (χ1n) is 18.1. The number of hydrogen-bond acceptors (Lipinski definition) is 4. The second kappa shape index (κ2) is 35.8. The summed E-state index contributed by atoms with van der Waals surface area (Å²) in [6, 6.07) is 0. The molecule has 4 heteroatoms. The van der Waals surface area contributed by atoms with E-state index in [2.05, 4.69) is 50.3 Å². The number of hydrogen-bond donors (Lipinski definition) is 1. The molecule has 4 nitrogen and oxygen atoms in total. The van der Waals surface area contributed by atoms with Gasteiger partial charge in [0.15, 0.2) is 0 Å². The summed E-state index contributed by atoms with van der Waals surface area (Å²) in [5.74, 6) is -0.206. The van der Waals surface area contributed by atoms with Crippen molar-refractivity contribution in [2.24, 2.45) is 0 Å². The number of aliphatic hydroxyl groups excluding tert-OH is 1. The van der Waals surface area contributed by atoms with Crippen LogP contribution in [0.3, 0.4) is 0 Å². The van der Waals surface area contributed by atoms with Crippen LogP contribution < -0.4 is 0 Å². The van der Waals surface area contributed by atoms with Gasteiger partial charge >= 0.3 is 5.97 Å². The normalized spacial score (nSPS) is 12.7. The van der Waals surface area contributed by atoms with Crippen LogP contribution in [0.25, 0.3) is 0 Å². The zero-order valence-electron chi connectivity index (χ0n) is 28.0. The molecule has 0 saturated heterocycles.